The van der Waals surface area contributed by atoms with Gasteiger partial charge >= 0.3 is 0 Å². The number of nitrogens with one attached hydrogen (secondary N) is 1. The van der Waals surface area contributed by atoms with Crippen molar-refractivity contribution >= 4 is 39.1 Å². The first kappa shape index (κ1) is 18.4. The first-order valence-electron chi connectivity index (χ1n) is 8.86. The number of amides is 2. The van der Waals surface area contributed by atoms with E-state index in [1.807, 2.05) is 49.4 Å². The third kappa shape index (κ3) is 3.55. The maximum Gasteiger partial charge on any atom is 0.229 e. The van der Waals surface area contributed by atoms with Crippen molar-refractivity contribution in [2.24, 2.45) is 5.92 Å². The van der Waals surface area contributed by atoms with Crippen LogP contribution in [0.3, 0.4) is 0 Å². The summed E-state index contributed by atoms with van der Waals surface area (Å²) in [5, 5.41) is 10.7. The topological polar surface area (TPSA) is 80.1 Å². The van der Waals surface area contributed by atoms with E-state index in [9.17, 15) is 9.59 Å². The highest BCUT2D eigenvalue weighted by molar-refractivity contribution is 9.10. The highest BCUT2D eigenvalue weighted by Gasteiger charge is 2.35. The summed E-state index contributed by atoms with van der Waals surface area (Å²) in [6.07, 6.45) is 3.47. The third-order valence-electron chi connectivity index (χ3n) is 4.78. The molecule has 28 heavy (non-hydrogen) atoms. The Morgan fingerprint density at radius 2 is 2.07 bits per heavy atom. The number of halogens is 1. The first-order chi connectivity index (χ1) is 13.5. The summed E-state index contributed by atoms with van der Waals surface area (Å²) >= 11 is 3.47. The van der Waals surface area contributed by atoms with Gasteiger partial charge in [-0.3, -0.25) is 9.59 Å². The predicted octanol–water partition coefficient (Wildman–Crippen LogP) is 3.33. The fraction of sp³-hybridized carbons (Fsp3) is 0.200. The molecule has 7 nitrogen and oxygen atoms in total. The molecule has 142 valence electrons. The average molecular weight is 440 g/mol. The van der Waals surface area contributed by atoms with E-state index in [0.717, 1.165) is 21.4 Å². The fourth-order valence-corrected chi connectivity index (χ4v) is 3.53. The zero-order valence-corrected chi connectivity index (χ0v) is 16.8. The van der Waals surface area contributed by atoms with Crippen LogP contribution in [0.25, 0.3) is 5.69 Å². The number of carbonyl (C=O) groups excluding carboxylic acids is 2. The van der Waals surface area contributed by atoms with Crippen LogP contribution in [0.5, 0.6) is 0 Å². The normalized spacial score (nSPS) is 16.4. The molecule has 3 aromatic rings. The highest BCUT2D eigenvalue weighted by Crippen LogP contribution is 2.29. The third-order valence-corrected chi connectivity index (χ3v) is 5.67. The zero-order valence-electron chi connectivity index (χ0n) is 15.2. The van der Waals surface area contributed by atoms with Crippen LogP contribution in [0.15, 0.2) is 59.3 Å². The van der Waals surface area contributed by atoms with E-state index in [0.29, 0.717) is 12.2 Å². The molecule has 1 unspecified atom stereocenters. The van der Waals surface area contributed by atoms with Gasteiger partial charge in [0.2, 0.25) is 11.8 Å². The van der Waals surface area contributed by atoms with Gasteiger partial charge in [-0.1, -0.05) is 33.3 Å². The van der Waals surface area contributed by atoms with Gasteiger partial charge in [0.05, 0.1) is 29.7 Å². The molecule has 1 N–H and O–H groups in total. The first-order valence-corrected chi connectivity index (χ1v) is 9.65. The Bertz CT molecular complexity index is 1030. The Balaban J connectivity index is 1.51. The Labute approximate surface area is 170 Å². The van der Waals surface area contributed by atoms with Crippen molar-refractivity contribution in [1.29, 1.82) is 0 Å². The Morgan fingerprint density at radius 1 is 1.25 bits per heavy atom. The van der Waals surface area contributed by atoms with E-state index in [2.05, 4.69) is 31.6 Å². The summed E-state index contributed by atoms with van der Waals surface area (Å²) < 4.78 is 2.58. The average Bonchev–Trinajstić information content (AvgIpc) is 3.34. The number of hydrogen-bond acceptors (Lipinski definition) is 4. The van der Waals surface area contributed by atoms with E-state index in [1.54, 1.807) is 22.0 Å². The van der Waals surface area contributed by atoms with Crippen molar-refractivity contribution < 1.29 is 9.59 Å². The molecule has 1 aliphatic heterocycles. The number of hydrogen-bond donors (Lipinski definition) is 1. The highest BCUT2D eigenvalue weighted by atomic mass is 79.9. The molecule has 0 saturated carbocycles. The molecule has 2 aromatic carbocycles. The summed E-state index contributed by atoms with van der Waals surface area (Å²) in [6, 6.07) is 13.1. The van der Waals surface area contributed by atoms with Gasteiger partial charge in [0.15, 0.2) is 0 Å². The number of anilines is 2. The standard InChI is InChI=1S/C20H18BrN5O2/c1-13-10-15(6-7-16(13)21)25-12-14(11-19(25)27)20(28)23-17-4-2-3-5-18(17)26-9-8-22-24-26/h2-10,14H,11-12H2,1H3,(H,23,28). The van der Waals surface area contributed by atoms with E-state index >= 15 is 0 Å². The van der Waals surface area contributed by atoms with Crippen LogP contribution in [0.2, 0.25) is 0 Å². The molecule has 1 aliphatic rings. The van der Waals surface area contributed by atoms with E-state index in [-0.39, 0.29) is 18.2 Å². The minimum atomic E-state index is -0.416. The molecule has 0 bridgehead atoms. The lowest BCUT2D eigenvalue weighted by molar-refractivity contribution is -0.122. The van der Waals surface area contributed by atoms with Crippen LogP contribution in [0.1, 0.15) is 12.0 Å². The molecule has 1 atom stereocenters. The zero-order chi connectivity index (χ0) is 19.7. The van der Waals surface area contributed by atoms with Gasteiger partial charge in [-0.2, -0.15) is 0 Å². The fourth-order valence-electron chi connectivity index (χ4n) is 3.28. The lowest BCUT2D eigenvalue weighted by Gasteiger charge is -2.18. The van der Waals surface area contributed by atoms with Crippen molar-refractivity contribution in [2.45, 2.75) is 13.3 Å². The van der Waals surface area contributed by atoms with Gasteiger partial charge in [-0.05, 0) is 42.8 Å². The summed E-state index contributed by atoms with van der Waals surface area (Å²) in [5.74, 6) is -0.649. The molecular weight excluding hydrogens is 422 g/mol. The van der Waals surface area contributed by atoms with Crippen LogP contribution in [0, 0.1) is 12.8 Å². The summed E-state index contributed by atoms with van der Waals surface area (Å²) in [7, 11) is 0. The molecule has 2 heterocycles. The van der Waals surface area contributed by atoms with Gasteiger partial charge < -0.3 is 10.2 Å². The van der Waals surface area contributed by atoms with Crippen molar-refractivity contribution in [3.8, 4) is 5.69 Å². The molecule has 2 amide bonds. The van der Waals surface area contributed by atoms with E-state index < -0.39 is 5.92 Å². The summed E-state index contributed by atoms with van der Waals surface area (Å²) in [6.45, 7) is 2.33. The molecule has 8 heteroatoms. The molecule has 1 aromatic heterocycles. The summed E-state index contributed by atoms with van der Waals surface area (Å²) in [4.78, 5) is 27.0. The minimum absolute atomic E-state index is 0.0496. The SMILES string of the molecule is Cc1cc(N2CC(C(=O)Nc3ccccc3-n3ccnn3)CC2=O)ccc1Br. The van der Waals surface area contributed by atoms with Crippen molar-refractivity contribution in [1.82, 2.24) is 15.0 Å². The molecule has 0 radical (unpaired) electrons. The van der Waals surface area contributed by atoms with Crippen molar-refractivity contribution in [2.75, 3.05) is 16.8 Å². The Hall–Kier alpha value is -3.00. The number of para-hydroxylation sites is 2. The second-order valence-electron chi connectivity index (χ2n) is 6.69. The lowest BCUT2D eigenvalue weighted by Crippen LogP contribution is -2.28. The van der Waals surface area contributed by atoms with Crippen LogP contribution in [-0.2, 0) is 9.59 Å². The smallest absolute Gasteiger partial charge is 0.229 e. The van der Waals surface area contributed by atoms with Gasteiger partial charge in [0.1, 0.15) is 0 Å². The quantitative estimate of drug-likeness (QED) is 0.675. The minimum Gasteiger partial charge on any atom is -0.324 e. The molecule has 1 fully saturated rings. The van der Waals surface area contributed by atoms with E-state index in [1.165, 1.54) is 0 Å². The number of aryl methyl sites for hydroxylation is 1. The lowest BCUT2D eigenvalue weighted by atomic mass is 10.1. The molecule has 0 aliphatic carbocycles. The van der Waals surface area contributed by atoms with Crippen molar-refractivity contribution in [3.05, 3.63) is 64.9 Å². The maximum absolute atomic E-state index is 12.8. The van der Waals surface area contributed by atoms with E-state index in [4.69, 9.17) is 0 Å². The largest absolute Gasteiger partial charge is 0.324 e. The van der Waals surface area contributed by atoms with Crippen LogP contribution >= 0.6 is 15.9 Å². The molecule has 1 saturated heterocycles. The van der Waals surface area contributed by atoms with Gasteiger partial charge in [0.25, 0.3) is 0 Å². The molecule has 4 rings (SSSR count). The van der Waals surface area contributed by atoms with Crippen molar-refractivity contribution in [3.63, 3.8) is 0 Å². The number of nitrogens with zero attached hydrogens (tertiary/aromatic N) is 4. The number of rotatable bonds is 4. The monoisotopic (exact) mass is 439 g/mol. The molecular formula is C20H18BrN5O2. The number of carbonyl (C=O) groups is 2. The van der Waals surface area contributed by atoms with Gasteiger partial charge in [-0.15, -0.1) is 5.10 Å². The number of benzene rings is 2. The second-order valence-corrected chi connectivity index (χ2v) is 7.55. The van der Waals surface area contributed by atoms with Crippen LogP contribution in [0.4, 0.5) is 11.4 Å². The number of aromatic nitrogens is 3. The Kier molecular flexibility index (Phi) is 4.95. The predicted molar refractivity (Wildman–Crippen MR) is 109 cm³/mol. The second kappa shape index (κ2) is 7.55. The maximum atomic E-state index is 12.8. The Morgan fingerprint density at radius 3 is 2.82 bits per heavy atom. The van der Waals surface area contributed by atoms with Gasteiger partial charge in [0, 0.05) is 23.1 Å². The van der Waals surface area contributed by atoms with Gasteiger partial charge in [-0.25, -0.2) is 4.68 Å². The molecule has 0 spiro atoms. The van der Waals surface area contributed by atoms with Crippen LogP contribution < -0.4 is 10.2 Å². The summed E-state index contributed by atoms with van der Waals surface area (Å²) in [5.41, 5.74) is 3.20. The van der Waals surface area contributed by atoms with Crippen LogP contribution in [-0.4, -0.2) is 33.4 Å².